The van der Waals surface area contributed by atoms with Crippen molar-refractivity contribution in [2.45, 2.75) is 13.0 Å². The fourth-order valence-corrected chi connectivity index (χ4v) is 2.57. The van der Waals surface area contributed by atoms with Crippen LogP contribution in [-0.4, -0.2) is 22.8 Å². The molecule has 0 saturated carbocycles. The van der Waals surface area contributed by atoms with Gasteiger partial charge < -0.3 is 4.74 Å². The van der Waals surface area contributed by atoms with Crippen LogP contribution in [0.4, 0.5) is 0 Å². The molecule has 5 heteroatoms. The van der Waals surface area contributed by atoms with Gasteiger partial charge in [0.2, 0.25) is 5.78 Å². The Labute approximate surface area is 147 Å². The van der Waals surface area contributed by atoms with Crippen LogP contribution in [0, 0.1) is 0 Å². The summed E-state index contributed by atoms with van der Waals surface area (Å²) < 4.78 is 6.15. The molecule has 0 radical (unpaired) electrons. The molecule has 3 aromatic rings. The van der Waals surface area contributed by atoms with E-state index in [1.807, 2.05) is 24.3 Å². The lowest BCUT2D eigenvalue weighted by molar-refractivity contribution is 0.0313. The number of carbonyl (C=O) groups is 2. The maximum Gasteiger partial charge on any atom is 0.357 e. The molecule has 0 bridgehead atoms. The number of hydrogen-bond acceptors (Lipinski definition) is 4. The molecule has 0 N–H and O–H groups in total. The Morgan fingerprint density at radius 1 is 1.00 bits per heavy atom. The molecular weight excluding hydrogens is 370 g/mol. The largest absolute Gasteiger partial charge is 0.450 e. The topological polar surface area (TPSA) is 56.3 Å². The Morgan fingerprint density at radius 3 is 2.46 bits per heavy atom. The molecule has 0 aliphatic heterocycles. The van der Waals surface area contributed by atoms with Crippen LogP contribution >= 0.6 is 15.9 Å². The van der Waals surface area contributed by atoms with E-state index in [0.717, 1.165) is 9.86 Å². The number of ketones is 1. The number of ether oxygens (including phenoxy) is 1. The summed E-state index contributed by atoms with van der Waals surface area (Å²) in [4.78, 5) is 28.8. The minimum Gasteiger partial charge on any atom is -0.450 e. The van der Waals surface area contributed by atoms with Crippen molar-refractivity contribution in [2.75, 3.05) is 0 Å². The van der Waals surface area contributed by atoms with Crippen molar-refractivity contribution in [1.29, 1.82) is 0 Å². The average Bonchev–Trinajstić information content (AvgIpc) is 2.61. The number of rotatable bonds is 4. The molecule has 0 amide bonds. The molecule has 1 atom stereocenters. The summed E-state index contributed by atoms with van der Waals surface area (Å²) in [7, 11) is 0. The van der Waals surface area contributed by atoms with Gasteiger partial charge in [0, 0.05) is 15.4 Å². The minimum atomic E-state index is -0.882. The highest BCUT2D eigenvalue weighted by molar-refractivity contribution is 9.10. The maximum atomic E-state index is 12.3. The van der Waals surface area contributed by atoms with Gasteiger partial charge in [-0.3, -0.25) is 4.79 Å². The average molecular weight is 384 g/mol. The van der Waals surface area contributed by atoms with Gasteiger partial charge in [0.25, 0.3) is 0 Å². The number of esters is 1. The van der Waals surface area contributed by atoms with Crippen molar-refractivity contribution in [3.05, 3.63) is 76.4 Å². The zero-order valence-corrected chi connectivity index (χ0v) is 14.5. The highest BCUT2D eigenvalue weighted by atomic mass is 79.9. The first-order valence-corrected chi connectivity index (χ1v) is 8.20. The second kappa shape index (κ2) is 6.93. The highest BCUT2D eigenvalue weighted by Gasteiger charge is 2.21. The first-order valence-electron chi connectivity index (χ1n) is 7.41. The maximum absolute atomic E-state index is 12.3. The summed E-state index contributed by atoms with van der Waals surface area (Å²) in [5.74, 6) is -0.865. The number of fused-ring (bicyclic) bond motifs is 1. The normalized spacial score (nSPS) is 11.9. The standard InChI is InChI=1S/C19H14BrNO3/c1-12(18(22)14-6-9-15(20)10-7-14)24-19(23)17-11-8-13-4-2-3-5-16(13)21-17/h2-12H,1H3. The molecule has 1 aromatic heterocycles. The Hall–Kier alpha value is -2.53. The molecule has 0 spiro atoms. The monoisotopic (exact) mass is 383 g/mol. The molecule has 24 heavy (non-hydrogen) atoms. The van der Waals surface area contributed by atoms with E-state index in [1.165, 1.54) is 0 Å². The second-order valence-corrected chi connectivity index (χ2v) is 6.22. The Morgan fingerprint density at radius 2 is 1.71 bits per heavy atom. The molecule has 1 unspecified atom stereocenters. The van der Waals surface area contributed by atoms with Gasteiger partial charge in [0.05, 0.1) is 5.52 Å². The molecule has 1 heterocycles. The third-order valence-electron chi connectivity index (χ3n) is 3.59. The zero-order valence-electron chi connectivity index (χ0n) is 12.9. The van der Waals surface area contributed by atoms with Crippen molar-refractivity contribution < 1.29 is 14.3 Å². The molecule has 2 aromatic carbocycles. The van der Waals surface area contributed by atoms with Crippen molar-refractivity contribution in [3.63, 3.8) is 0 Å². The number of hydrogen-bond donors (Lipinski definition) is 0. The van der Waals surface area contributed by atoms with Gasteiger partial charge in [-0.15, -0.1) is 0 Å². The van der Waals surface area contributed by atoms with E-state index in [-0.39, 0.29) is 11.5 Å². The van der Waals surface area contributed by atoms with Crippen LogP contribution in [0.2, 0.25) is 0 Å². The van der Waals surface area contributed by atoms with E-state index in [0.29, 0.717) is 11.1 Å². The first kappa shape index (κ1) is 16.3. The molecule has 4 nitrogen and oxygen atoms in total. The zero-order chi connectivity index (χ0) is 17.1. The lowest BCUT2D eigenvalue weighted by Crippen LogP contribution is -2.24. The van der Waals surface area contributed by atoms with Crippen molar-refractivity contribution >= 4 is 38.6 Å². The predicted octanol–water partition coefficient (Wildman–Crippen LogP) is 4.43. The van der Waals surface area contributed by atoms with Crippen molar-refractivity contribution in [2.24, 2.45) is 0 Å². The molecule has 120 valence electrons. The second-order valence-electron chi connectivity index (χ2n) is 5.31. The van der Waals surface area contributed by atoms with Gasteiger partial charge in [-0.05, 0) is 31.2 Å². The van der Waals surface area contributed by atoms with Crippen LogP contribution in [-0.2, 0) is 4.74 Å². The number of benzene rings is 2. The van der Waals surface area contributed by atoms with E-state index >= 15 is 0 Å². The molecule has 3 rings (SSSR count). The van der Waals surface area contributed by atoms with E-state index in [9.17, 15) is 9.59 Å². The van der Waals surface area contributed by atoms with Gasteiger partial charge in [-0.2, -0.15) is 0 Å². The van der Waals surface area contributed by atoms with E-state index in [4.69, 9.17) is 4.74 Å². The summed E-state index contributed by atoms with van der Waals surface area (Å²) in [5.41, 5.74) is 1.38. The third kappa shape index (κ3) is 3.51. The fraction of sp³-hybridized carbons (Fsp3) is 0.105. The van der Waals surface area contributed by atoms with Crippen molar-refractivity contribution in [3.8, 4) is 0 Å². The van der Waals surface area contributed by atoms with Gasteiger partial charge in [-0.1, -0.05) is 52.3 Å². The number of Topliss-reactive ketones (excluding diaryl/α,β-unsaturated/α-hetero) is 1. The van der Waals surface area contributed by atoms with Crippen LogP contribution in [0.1, 0.15) is 27.8 Å². The summed E-state index contributed by atoms with van der Waals surface area (Å²) in [6, 6.07) is 17.8. The van der Waals surface area contributed by atoms with Crippen molar-refractivity contribution in [1.82, 2.24) is 4.98 Å². The molecule has 0 fully saturated rings. The van der Waals surface area contributed by atoms with Crippen LogP contribution in [0.3, 0.4) is 0 Å². The van der Waals surface area contributed by atoms with E-state index in [1.54, 1.807) is 43.3 Å². The number of halogens is 1. The minimum absolute atomic E-state index is 0.184. The lowest BCUT2D eigenvalue weighted by Gasteiger charge is -2.12. The molecule has 0 saturated heterocycles. The highest BCUT2D eigenvalue weighted by Crippen LogP contribution is 2.15. The van der Waals surface area contributed by atoms with Gasteiger partial charge in [0.15, 0.2) is 6.10 Å². The number of carbonyl (C=O) groups excluding carboxylic acids is 2. The fourth-order valence-electron chi connectivity index (χ4n) is 2.30. The van der Waals surface area contributed by atoms with Crippen LogP contribution in [0.5, 0.6) is 0 Å². The van der Waals surface area contributed by atoms with Gasteiger partial charge in [-0.25, -0.2) is 9.78 Å². The molecule has 0 aliphatic rings. The Bertz CT molecular complexity index is 906. The van der Waals surface area contributed by atoms with Crippen LogP contribution in [0.25, 0.3) is 10.9 Å². The van der Waals surface area contributed by atoms with E-state index < -0.39 is 12.1 Å². The number of aromatic nitrogens is 1. The van der Waals surface area contributed by atoms with E-state index in [2.05, 4.69) is 20.9 Å². The number of nitrogens with zero attached hydrogens (tertiary/aromatic N) is 1. The third-order valence-corrected chi connectivity index (χ3v) is 4.12. The smallest absolute Gasteiger partial charge is 0.357 e. The Balaban J connectivity index is 1.75. The van der Waals surface area contributed by atoms with Crippen LogP contribution < -0.4 is 0 Å². The van der Waals surface area contributed by atoms with Crippen LogP contribution in [0.15, 0.2) is 65.1 Å². The lowest BCUT2D eigenvalue weighted by atomic mass is 10.1. The Kier molecular flexibility index (Phi) is 4.71. The van der Waals surface area contributed by atoms with Gasteiger partial charge >= 0.3 is 5.97 Å². The summed E-state index contributed by atoms with van der Waals surface area (Å²) in [5, 5.41) is 0.938. The summed E-state index contributed by atoms with van der Waals surface area (Å²) >= 11 is 3.32. The predicted molar refractivity (Wildman–Crippen MR) is 95.1 cm³/mol. The number of pyridine rings is 1. The molecule has 0 aliphatic carbocycles. The summed E-state index contributed by atoms with van der Waals surface area (Å²) in [6.07, 6.45) is -0.882. The molecular formula is C19H14BrNO3. The summed E-state index contributed by atoms with van der Waals surface area (Å²) in [6.45, 7) is 1.56. The first-order chi connectivity index (χ1) is 11.5. The van der Waals surface area contributed by atoms with Gasteiger partial charge in [0.1, 0.15) is 5.69 Å². The quantitative estimate of drug-likeness (QED) is 0.494. The number of para-hydroxylation sites is 1. The SMILES string of the molecule is CC(OC(=O)c1ccc2ccccc2n1)C(=O)c1ccc(Br)cc1.